The summed E-state index contributed by atoms with van der Waals surface area (Å²) in [5.41, 5.74) is 7.39. The second kappa shape index (κ2) is 12.1. The van der Waals surface area contributed by atoms with E-state index in [2.05, 4.69) is 15.7 Å². The molecule has 0 aromatic heterocycles. The maximum Gasteiger partial charge on any atom is 0.339 e. The van der Waals surface area contributed by atoms with Crippen LogP contribution in [0.2, 0.25) is 0 Å². The average Bonchev–Trinajstić information content (AvgIpc) is 2.99. The van der Waals surface area contributed by atoms with E-state index < -0.39 is 73.9 Å². The zero-order chi connectivity index (χ0) is 36.2. The highest BCUT2D eigenvalue weighted by molar-refractivity contribution is 7.86. The molecular weight excluding hydrogens is 711 g/mol. The number of nitrogen functional groups attached to an aromatic ring is 1. The van der Waals surface area contributed by atoms with Gasteiger partial charge in [0.15, 0.2) is 5.75 Å². The van der Waals surface area contributed by atoms with Crippen LogP contribution >= 0.6 is 0 Å². The molecule has 49 heavy (non-hydrogen) atoms. The zero-order valence-electron chi connectivity index (χ0n) is 24.5. The summed E-state index contributed by atoms with van der Waals surface area (Å²) in [5.74, 6) is -2.77. The lowest BCUT2D eigenvalue weighted by atomic mass is 10.1. The topological polar surface area (TPSA) is 307 Å². The molecule has 21 heteroatoms. The molecule has 0 aliphatic heterocycles. The van der Waals surface area contributed by atoms with Crippen LogP contribution in [0.1, 0.15) is 10.4 Å². The molecule has 0 heterocycles. The minimum atomic E-state index is -5.17. The van der Waals surface area contributed by atoms with Gasteiger partial charge in [-0.1, -0.05) is 6.07 Å². The first-order valence-electron chi connectivity index (χ1n) is 13.2. The van der Waals surface area contributed by atoms with Crippen molar-refractivity contribution < 1.29 is 59.0 Å². The molecule has 5 aromatic carbocycles. The van der Waals surface area contributed by atoms with Gasteiger partial charge in [-0.3, -0.25) is 24.1 Å². The Morgan fingerprint density at radius 3 is 2.02 bits per heavy atom. The lowest BCUT2D eigenvalue weighted by Gasteiger charge is -2.23. The predicted octanol–water partition coefficient (Wildman–Crippen LogP) is 4.30. The number of anilines is 3. The van der Waals surface area contributed by atoms with Crippen LogP contribution in [0.15, 0.2) is 91.6 Å². The van der Waals surface area contributed by atoms with Gasteiger partial charge in [-0.2, -0.15) is 25.3 Å². The molecule has 0 fully saturated rings. The monoisotopic (exact) mass is 733 g/mol. The molecule has 0 aliphatic carbocycles. The SMILES string of the molecule is CN(Nc1ccc(N=Nc2c(S(=O)(=O)O)cc3cc(S(=O)(=O)O)c(N)cc3c2O)c2cc(S(=O)(=O)O)ccc12)c1ccc(O)c(C(=O)O)c1. The van der Waals surface area contributed by atoms with Gasteiger partial charge in [-0.15, -0.1) is 10.2 Å². The fraction of sp³-hybridized carbons (Fsp3) is 0.0357. The molecule has 0 saturated heterocycles. The minimum absolute atomic E-state index is 0.00456. The molecule has 0 aliphatic rings. The normalized spacial score (nSPS) is 12.5. The maximum absolute atomic E-state index is 12.3. The maximum atomic E-state index is 12.3. The lowest BCUT2D eigenvalue weighted by Crippen LogP contribution is -2.25. The molecule has 0 spiro atoms. The van der Waals surface area contributed by atoms with E-state index in [-0.39, 0.29) is 44.2 Å². The number of aromatic hydroxyl groups is 2. The van der Waals surface area contributed by atoms with Gasteiger partial charge in [-0.05, 0) is 66.0 Å². The predicted molar refractivity (Wildman–Crippen MR) is 175 cm³/mol. The van der Waals surface area contributed by atoms with Crippen molar-refractivity contribution in [3.8, 4) is 11.5 Å². The Labute approximate surface area is 276 Å². The number of hydrogen-bond acceptors (Lipinski definition) is 14. The van der Waals surface area contributed by atoms with Crippen molar-refractivity contribution in [2.45, 2.75) is 14.7 Å². The van der Waals surface area contributed by atoms with Gasteiger partial charge in [0.05, 0.1) is 27.6 Å². The summed E-state index contributed by atoms with van der Waals surface area (Å²) in [4.78, 5) is 9.09. The number of carbonyl (C=O) groups is 1. The van der Waals surface area contributed by atoms with Gasteiger partial charge < -0.3 is 21.1 Å². The fourth-order valence-corrected chi connectivity index (χ4v) is 6.61. The standard InChI is InChI=1S/C28H23N5O13S3/c1-33(14-2-7-23(34)19(10-14)28(36)37)32-22-6-5-21(18-11-15(47(38,39)40)3-4-16(18)22)30-31-26-25(49(44,45)46)9-13-8-24(48(41,42)43)20(29)12-17(13)27(26)35/h2-12,32,34-35H,29H2,1H3,(H,36,37)(H,38,39,40)(H,41,42,43)(H,44,45,46). The van der Waals surface area contributed by atoms with Gasteiger partial charge >= 0.3 is 5.97 Å². The number of phenolic OH excluding ortho intramolecular Hbond substituents is 1. The second-order valence-corrected chi connectivity index (χ2v) is 14.5. The molecule has 0 radical (unpaired) electrons. The molecule has 5 rings (SSSR count). The number of aromatic carboxylic acids is 1. The highest BCUT2D eigenvalue weighted by Gasteiger charge is 2.25. The third-order valence-electron chi connectivity index (χ3n) is 7.14. The van der Waals surface area contributed by atoms with Crippen molar-refractivity contribution in [1.29, 1.82) is 0 Å². The van der Waals surface area contributed by atoms with Crippen LogP contribution in [-0.2, 0) is 30.4 Å². The summed E-state index contributed by atoms with van der Waals surface area (Å²) >= 11 is 0. The van der Waals surface area contributed by atoms with Crippen molar-refractivity contribution in [1.82, 2.24) is 0 Å². The number of nitrogens with two attached hydrogens (primary N) is 1. The van der Waals surface area contributed by atoms with Crippen molar-refractivity contribution in [3.05, 3.63) is 72.3 Å². The number of nitrogens with zero attached hydrogens (tertiary/aromatic N) is 3. The fourth-order valence-electron chi connectivity index (χ4n) is 4.82. The molecule has 9 N–H and O–H groups in total. The number of nitrogens with one attached hydrogen (secondary N) is 1. The lowest BCUT2D eigenvalue weighted by molar-refractivity contribution is 0.0693. The third-order valence-corrected chi connectivity index (χ3v) is 9.77. The van der Waals surface area contributed by atoms with Crippen LogP contribution in [0.3, 0.4) is 0 Å². The van der Waals surface area contributed by atoms with Gasteiger partial charge in [0.1, 0.15) is 26.8 Å². The Bertz CT molecular complexity index is 2590. The molecular formula is C28H23N5O13S3. The number of rotatable bonds is 9. The average molecular weight is 734 g/mol. The summed E-state index contributed by atoms with van der Waals surface area (Å²) < 4.78 is 101. The molecule has 0 atom stereocenters. The van der Waals surface area contributed by atoms with Crippen LogP contribution in [0.4, 0.5) is 28.4 Å². The van der Waals surface area contributed by atoms with Crippen LogP contribution in [-0.4, -0.2) is 67.2 Å². The minimum Gasteiger partial charge on any atom is -0.507 e. The van der Waals surface area contributed by atoms with E-state index in [0.29, 0.717) is 0 Å². The summed E-state index contributed by atoms with van der Waals surface area (Å²) in [6.45, 7) is 0. The summed E-state index contributed by atoms with van der Waals surface area (Å²) in [6, 6.07) is 12.3. The number of fused-ring (bicyclic) bond motifs is 2. The number of hydrazine groups is 1. The van der Waals surface area contributed by atoms with Crippen LogP contribution in [0.25, 0.3) is 21.5 Å². The largest absolute Gasteiger partial charge is 0.507 e. The molecule has 0 amide bonds. The van der Waals surface area contributed by atoms with E-state index in [1.165, 1.54) is 48.5 Å². The number of carboxylic acids is 1. The second-order valence-electron chi connectivity index (χ2n) is 10.3. The Morgan fingerprint density at radius 2 is 1.41 bits per heavy atom. The van der Waals surface area contributed by atoms with Crippen molar-refractivity contribution in [2.75, 3.05) is 23.2 Å². The Morgan fingerprint density at radius 1 is 0.755 bits per heavy atom. The van der Waals surface area contributed by atoms with Crippen molar-refractivity contribution in [2.24, 2.45) is 10.2 Å². The number of phenols is 2. The van der Waals surface area contributed by atoms with Crippen LogP contribution < -0.4 is 16.2 Å². The molecule has 5 aromatic rings. The highest BCUT2D eigenvalue weighted by atomic mass is 32.2. The van der Waals surface area contributed by atoms with Crippen LogP contribution in [0.5, 0.6) is 11.5 Å². The number of hydrogen-bond donors (Lipinski definition) is 8. The van der Waals surface area contributed by atoms with E-state index in [0.717, 1.165) is 30.3 Å². The molecule has 0 saturated carbocycles. The highest BCUT2D eigenvalue weighted by Crippen LogP contribution is 2.44. The molecule has 0 bridgehead atoms. The Balaban J connectivity index is 1.68. The van der Waals surface area contributed by atoms with Gasteiger partial charge in [0.2, 0.25) is 0 Å². The summed E-state index contributed by atoms with van der Waals surface area (Å²) in [5, 5.41) is 39.1. The van der Waals surface area contributed by atoms with Gasteiger partial charge in [0.25, 0.3) is 30.4 Å². The molecule has 256 valence electrons. The van der Waals surface area contributed by atoms with Crippen molar-refractivity contribution in [3.63, 3.8) is 0 Å². The Kier molecular flexibility index (Phi) is 8.61. The van der Waals surface area contributed by atoms with E-state index >= 15 is 0 Å². The first-order valence-corrected chi connectivity index (χ1v) is 17.6. The zero-order valence-corrected chi connectivity index (χ0v) is 27.0. The van der Waals surface area contributed by atoms with Gasteiger partial charge in [-0.25, -0.2) is 4.79 Å². The summed E-state index contributed by atoms with van der Waals surface area (Å²) in [6.07, 6.45) is 0. The van der Waals surface area contributed by atoms with E-state index in [9.17, 15) is 59.0 Å². The summed E-state index contributed by atoms with van der Waals surface area (Å²) in [7, 11) is -13.3. The first-order chi connectivity index (χ1) is 22.7. The smallest absolute Gasteiger partial charge is 0.339 e. The quantitative estimate of drug-likeness (QED) is 0.0453. The van der Waals surface area contributed by atoms with E-state index in [1.54, 1.807) is 0 Å². The van der Waals surface area contributed by atoms with Gasteiger partial charge in [0, 0.05) is 23.2 Å². The number of azo groups is 1. The molecule has 0 unspecified atom stereocenters. The van der Waals surface area contributed by atoms with Crippen molar-refractivity contribution >= 4 is 86.3 Å². The molecule has 18 nitrogen and oxygen atoms in total. The number of carboxylic acid groups (broad SMARTS) is 1. The number of benzene rings is 5. The van der Waals surface area contributed by atoms with E-state index in [4.69, 9.17) is 5.73 Å². The Hall–Kier alpha value is -5.58. The third kappa shape index (κ3) is 6.87. The van der Waals surface area contributed by atoms with E-state index in [1.807, 2.05) is 0 Å². The van der Waals surface area contributed by atoms with Crippen LogP contribution in [0, 0.1) is 0 Å². The first kappa shape index (κ1) is 34.7.